The van der Waals surface area contributed by atoms with Gasteiger partial charge in [-0.15, -0.1) is 0 Å². The molecule has 4 nitrogen and oxygen atoms in total. The molecule has 0 bridgehead atoms. The summed E-state index contributed by atoms with van der Waals surface area (Å²) in [6.45, 7) is 3.64. The van der Waals surface area contributed by atoms with Crippen LogP contribution >= 0.6 is 0 Å². The van der Waals surface area contributed by atoms with Gasteiger partial charge >= 0.3 is 0 Å². The minimum atomic E-state index is -1.13. The van der Waals surface area contributed by atoms with Gasteiger partial charge < -0.3 is 11.1 Å². The van der Waals surface area contributed by atoms with Crippen molar-refractivity contribution in [3.8, 4) is 0 Å². The van der Waals surface area contributed by atoms with Crippen LogP contribution in [0.2, 0.25) is 0 Å². The van der Waals surface area contributed by atoms with Crippen LogP contribution in [-0.4, -0.2) is 21.1 Å². The number of nitrogen functional groups attached to an aromatic ring is 1. The minimum Gasteiger partial charge on any atom is -0.397 e. The topological polar surface area (TPSA) is 72.2 Å². The Hall–Kier alpha value is -1.36. The molecule has 1 unspecified atom stereocenters. The number of hydrogen-bond acceptors (Lipinski definition) is 3. The van der Waals surface area contributed by atoms with Gasteiger partial charge in [0.1, 0.15) is 5.75 Å². The third kappa shape index (κ3) is 3.66. The Bertz CT molecular complexity index is 405. The van der Waals surface area contributed by atoms with Crippen LogP contribution in [0.3, 0.4) is 0 Å². The zero-order valence-electron chi connectivity index (χ0n) is 9.40. The molecule has 0 fully saturated rings. The van der Waals surface area contributed by atoms with Crippen LogP contribution in [0, 0.1) is 0 Å². The number of para-hydroxylation sites is 2. The maximum absolute atomic E-state index is 11.5. The fourth-order valence-corrected chi connectivity index (χ4v) is 1.76. The van der Waals surface area contributed by atoms with Crippen LogP contribution in [0.1, 0.15) is 13.8 Å². The molecular weight excluding hydrogens is 224 g/mol. The van der Waals surface area contributed by atoms with Gasteiger partial charge in [0.05, 0.1) is 11.4 Å². The summed E-state index contributed by atoms with van der Waals surface area (Å²) in [5, 5.41) is 2.62. The summed E-state index contributed by atoms with van der Waals surface area (Å²) < 4.78 is 11.4. The van der Waals surface area contributed by atoms with Crippen LogP contribution in [0.25, 0.3) is 0 Å². The normalized spacial score (nSPS) is 12.4. The molecule has 0 aliphatic carbocycles. The summed E-state index contributed by atoms with van der Waals surface area (Å²) in [5.74, 6) is -0.267. The Labute approximate surface area is 97.7 Å². The first-order valence-corrected chi connectivity index (χ1v) is 6.40. The van der Waals surface area contributed by atoms with Gasteiger partial charge in [-0.25, -0.2) is 0 Å². The minimum absolute atomic E-state index is 0.00595. The van der Waals surface area contributed by atoms with Crippen molar-refractivity contribution in [1.29, 1.82) is 0 Å². The number of carbonyl (C=O) groups excluding carboxylic acids is 1. The molecule has 1 aromatic carbocycles. The highest BCUT2D eigenvalue weighted by Crippen LogP contribution is 2.16. The van der Waals surface area contributed by atoms with E-state index in [-0.39, 0.29) is 16.9 Å². The summed E-state index contributed by atoms with van der Waals surface area (Å²) >= 11 is 0. The van der Waals surface area contributed by atoms with Crippen LogP contribution in [-0.2, 0) is 15.6 Å². The highest BCUT2D eigenvalue weighted by Gasteiger charge is 2.11. The molecule has 0 saturated heterocycles. The van der Waals surface area contributed by atoms with Gasteiger partial charge in [-0.05, 0) is 12.1 Å². The maximum atomic E-state index is 11.5. The summed E-state index contributed by atoms with van der Waals surface area (Å²) in [4.78, 5) is 11.5. The molecule has 0 heterocycles. The molecule has 0 aliphatic heterocycles. The second kappa shape index (κ2) is 5.65. The SMILES string of the molecule is CC(C)S(=O)CC(=O)Nc1ccccc1N. The van der Waals surface area contributed by atoms with Crippen molar-refractivity contribution in [2.45, 2.75) is 19.1 Å². The van der Waals surface area contributed by atoms with Crippen LogP contribution < -0.4 is 11.1 Å². The first-order chi connectivity index (χ1) is 7.50. The second-order valence-electron chi connectivity index (χ2n) is 3.71. The first-order valence-electron chi connectivity index (χ1n) is 5.02. The van der Waals surface area contributed by atoms with Crippen molar-refractivity contribution < 1.29 is 9.00 Å². The van der Waals surface area contributed by atoms with E-state index in [0.717, 1.165) is 0 Å². The Morgan fingerprint density at radius 2 is 2.06 bits per heavy atom. The number of benzene rings is 1. The van der Waals surface area contributed by atoms with Crippen molar-refractivity contribution in [2.24, 2.45) is 0 Å². The zero-order chi connectivity index (χ0) is 12.1. The van der Waals surface area contributed by atoms with Crippen LogP contribution in [0.5, 0.6) is 0 Å². The van der Waals surface area contributed by atoms with E-state index >= 15 is 0 Å². The molecule has 0 aliphatic rings. The van der Waals surface area contributed by atoms with Crippen molar-refractivity contribution >= 4 is 28.1 Å². The number of amides is 1. The van der Waals surface area contributed by atoms with Gasteiger partial charge in [-0.3, -0.25) is 9.00 Å². The average molecular weight is 240 g/mol. The van der Waals surface area contributed by atoms with E-state index in [1.807, 2.05) is 13.8 Å². The average Bonchev–Trinajstić information content (AvgIpc) is 2.21. The highest BCUT2D eigenvalue weighted by molar-refractivity contribution is 7.86. The molecule has 5 heteroatoms. The standard InChI is InChI=1S/C11H16N2O2S/c1-8(2)16(15)7-11(14)13-10-6-4-3-5-9(10)12/h3-6,8H,7,12H2,1-2H3,(H,13,14). The number of anilines is 2. The number of rotatable bonds is 4. The molecule has 1 aromatic rings. The zero-order valence-corrected chi connectivity index (χ0v) is 10.2. The van der Waals surface area contributed by atoms with E-state index in [9.17, 15) is 9.00 Å². The first kappa shape index (κ1) is 12.7. The molecule has 0 spiro atoms. The van der Waals surface area contributed by atoms with Crippen molar-refractivity contribution in [1.82, 2.24) is 0 Å². The van der Waals surface area contributed by atoms with Gasteiger partial charge in [0.25, 0.3) is 0 Å². The molecule has 0 radical (unpaired) electrons. The lowest BCUT2D eigenvalue weighted by atomic mass is 10.3. The van der Waals surface area contributed by atoms with E-state index in [1.54, 1.807) is 24.3 Å². The van der Waals surface area contributed by atoms with Gasteiger partial charge in [0, 0.05) is 16.0 Å². The lowest BCUT2D eigenvalue weighted by Crippen LogP contribution is -2.23. The highest BCUT2D eigenvalue weighted by atomic mass is 32.2. The van der Waals surface area contributed by atoms with E-state index in [1.165, 1.54) is 0 Å². The summed E-state index contributed by atoms with van der Waals surface area (Å²) in [6, 6.07) is 6.99. The maximum Gasteiger partial charge on any atom is 0.237 e. The summed E-state index contributed by atoms with van der Waals surface area (Å²) in [5.41, 5.74) is 6.74. The molecular formula is C11H16N2O2S. The molecule has 88 valence electrons. The number of hydrogen-bond donors (Lipinski definition) is 2. The molecule has 3 N–H and O–H groups in total. The number of nitrogens with one attached hydrogen (secondary N) is 1. The molecule has 1 rings (SSSR count). The number of carbonyl (C=O) groups is 1. The van der Waals surface area contributed by atoms with Gasteiger partial charge in [0.15, 0.2) is 0 Å². The predicted octanol–water partition coefficient (Wildman–Crippen LogP) is 1.36. The second-order valence-corrected chi connectivity index (χ2v) is 5.70. The lowest BCUT2D eigenvalue weighted by Gasteiger charge is -2.08. The molecule has 0 saturated carbocycles. The quantitative estimate of drug-likeness (QED) is 0.781. The Morgan fingerprint density at radius 1 is 1.44 bits per heavy atom. The summed E-state index contributed by atoms with van der Waals surface area (Å²) in [7, 11) is -1.13. The van der Waals surface area contributed by atoms with Crippen molar-refractivity contribution in [3.63, 3.8) is 0 Å². The van der Waals surface area contributed by atoms with E-state index in [2.05, 4.69) is 5.32 Å². The van der Waals surface area contributed by atoms with E-state index in [0.29, 0.717) is 11.4 Å². The molecule has 16 heavy (non-hydrogen) atoms. The Balaban J connectivity index is 2.59. The Kier molecular flexibility index (Phi) is 4.49. The van der Waals surface area contributed by atoms with Gasteiger partial charge in [0.2, 0.25) is 5.91 Å². The van der Waals surface area contributed by atoms with Gasteiger partial charge in [-0.2, -0.15) is 0 Å². The molecule has 1 atom stereocenters. The monoisotopic (exact) mass is 240 g/mol. The van der Waals surface area contributed by atoms with Crippen molar-refractivity contribution in [3.05, 3.63) is 24.3 Å². The van der Waals surface area contributed by atoms with Crippen LogP contribution in [0.15, 0.2) is 24.3 Å². The van der Waals surface area contributed by atoms with Crippen molar-refractivity contribution in [2.75, 3.05) is 16.8 Å². The molecule has 1 amide bonds. The molecule has 0 aromatic heterocycles. The summed E-state index contributed by atoms with van der Waals surface area (Å²) in [6.07, 6.45) is 0. The third-order valence-corrected chi connectivity index (χ3v) is 3.63. The largest absolute Gasteiger partial charge is 0.397 e. The van der Waals surface area contributed by atoms with Gasteiger partial charge in [-0.1, -0.05) is 26.0 Å². The smallest absolute Gasteiger partial charge is 0.237 e. The van der Waals surface area contributed by atoms with E-state index in [4.69, 9.17) is 5.73 Å². The predicted molar refractivity (Wildman–Crippen MR) is 67.6 cm³/mol. The Morgan fingerprint density at radius 3 is 2.62 bits per heavy atom. The number of nitrogens with two attached hydrogens (primary N) is 1. The fraction of sp³-hybridized carbons (Fsp3) is 0.364. The lowest BCUT2D eigenvalue weighted by molar-refractivity contribution is -0.113. The fourth-order valence-electron chi connectivity index (χ4n) is 1.09. The van der Waals surface area contributed by atoms with E-state index < -0.39 is 10.8 Å². The van der Waals surface area contributed by atoms with Crippen LogP contribution in [0.4, 0.5) is 11.4 Å². The third-order valence-electron chi connectivity index (χ3n) is 2.03.